The first-order chi connectivity index (χ1) is 28.0. The van der Waals surface area contributed by atoms with Crippen LogP contribution in [-0.2, 0) is 28.6 Å². The van der Waals surface area contributed by atoms with E-state index in [0.717, 1.165) is 70.6 Å². The molecule has 0 aliphatic rings. The van der Waals surface area contributed by atoms with Crippen LogP contribution in [0, 0.1) is 0 Å². The molecule has 0 aliphatic carbocycles. The Morgan fingerprint density at radius 2 is 0.684 bits per heavy atom. The Morgan fingerprint density at radius 3 is 1.07 bits per heavy atom. The number of unbranched alkanes of at least 4 members (excludes halogenated alkanes) is 27. The Kier molecular flexibility index (Phi) is 43.9. The summed E-state index contributed by atoms with van der Waals surface area (Å²) in [6.45, 7) is 6.47. The van der Waals surface area contributed by atoms with Crippen molar-refractivity contribution in [2.24, 2.45) is 0 Å². The van der Waals surface area contributed by atoms with Crippen molar-refractivity contribution >= 4 is 17.9 Å². The van der Waals surface area contributed by atoms with Crippen molar-refractivity contribution < 1.29 is 28.6 Å². The van der Waals surface area contributed by atoms with Gasteiger partial charge < -0.3 is 14.2 Å². The van der Waals surface area contributed by atoms with E-state index in [9.17, 15) is 14.4 Å². The minimum Gasteiger partial charge on any atom is -0.462 e. The summed E-state index contributed by atoms with van der Waals surface area (Å²) < 4.78 is 16.7. The van der Waals surface area contributed by atoms with Gasteiger partial charge in [-0.3, -0.25) is 14.4 Å². The number of esters is 3. The predicted octanol–water partition coefficient (Wildman–Crippen LogP) is 15.5. The fourth-order valence-corrected chi connectivity index (χ4v) is 6.81. The average Bonchev–Trinajstić information content (AvgIpc) is 3.21. The normalized spacial score (nSPS) is 12.4. The van der Waals surface area contributed by atoms with Crippen LogP contribution in [0.5, 0.6) is 0 Å². The quantitative estimate of drug-likeness (QED) is 0.0265. The van der Waals surface area contributed by atoms with Crippen LogP contribution >= 0.6 is 0 Å². The Bertz CT molecular complexity index is 1010. The lowest BCUT2D eigenvalue weighted by atomic mass is 10.0. The summed E-state index contributed by atoms with van der Waals surface area (Å²) in [5.41, 5.74) is 0. The molecule has 0 aliphatic heterocycles. The molecule has 0 bridgehead atoms. The van der Waals surface area contributed by atoms with Gasteiger partial charge in [-0.1, -0.05) is 230 Å². The number of hydrogen-bond donors (Lipinski definition) is 0. The van der Waals surface area contributed by atoms with Crippen molar-refractivity contribution in [1.82, 2.24) is 0 Å². The molecule has 6 nitrogen and oxygen atoms in total. The maximum absolute atomic E-state index is 12.7. The van der Waals surface area contributed by atoms with Crippen molar-refractivity contribution in [3.05, 3.63) is 48.6 Å². The lowest BCUT2D eigenvalue weighted by Gasteiger charge is -2.18. The van der Waals surface area contributed by atoms with E-state index in [-0.39, 0.29) is 31.1 Å². The highest BCUT2D eigenvalue weighted by Gasteiger charge is 2.19. The Balaban J connectivity index is 4.42. The SMILES string of the molecule is CC\C=C/C=C\C=C/C=C\CCCCCC(=O)OCC(COC(=O)CCCCCCCCCCCCCCC)OC(=O)CCCCCCCCCCCCCCC. The summed E-state index contributed by atoms with van der Waals surface area (Å²) in [6.07, 6.45) is 53.7. The number of rotatable bonds is 43. The van der Waals surface area contributed by atoms with Gasteiger partial charge in [-0.2, -0.15) is 0 Å². The van der Waals surface area contributed by atoms with Gasteiger partial charge in [0, 0.05) is 19.3 Å². The smallest absolute Gasteiger partial charge is 0.306 e. The van der Waals surface area contributed by atoms with E-state index in [2.05, 4.69) is 39.0 Å². The van der Waals surface area contributed by atoms with Crippen molar-refractivity contribution in [1.29, 1.82) is 0 Å². The third kappa shape index (κ3) is 44.3. The van der Waals surface area contributed by atoms with Crippen LogP contribution in [0.2, 0.25) is 0 Å². The molecule has 0 saturated carbocycles. The molecule has 330 valence electrons. The Labute approximate surface area is 352 Å². The summed E-state index contributed by atoms with van der Waals surface area (Å²) in [5, 5.41) is 0. The fourth-order valence-electron chi connectivity index (χ4n) is 6.81. The summed E-state index contributed by atoms with van der Waals surface area (Å²) in [4.78, 5) is 37.8. The number of ether oxygens (including phenoxy) is 3. The van der Waals surface area contributed by atoms with Gasteiger partial charge in [-0.15, -0.1) is 0 Å². The van der Waals surface area contributed by atoms with E-state index in [0.29, 0.717) is 19.3 Å². The van der Waals surface area contributed by atoms with Crippen molar-refractivity contribution in [3.63, 3.8) is 0 Å². The highest BCUT2D eigenvalue weighted by molar-refractivity contribution is 5.71. The number of hydrogen-bond acceptors (Lipinski definition) is 6. The molecule has 1 unspecified atom stereocenters. The summed E-state index contributed by atoms with van der Waals surface area (Å²) >= 11 is 0. The molecule has 0 spiro atoms. The monoisotopic (exact) mass is 799 g/mol. The molecule has 6 heteroatoms. The summed E-state index contributed by atoms with van der Waals surface area (Å²) in [6, 6.07) is 0. The zero-order valence-electron chi connectivity index (χ0n) is 37.6. The first-order valence-electron chi connectivity index (χ1n) is 24.2. The van der Waals surface area contributed by atoms with Crippen LogP contribution in [0.3, 0.4) is 0 Å². The van der Waals surface area contributed by atoms with Gasteiger partial charge in [0.05, 0.1) is 0 Å². The number of allylic oxidation sites excluding steroid dienone is 8. The van der Waals surface area contributed by atoms with Gasteiger partial charge in [0.25, 0.3) is 0 Å². The third-order valence-electron chi connectivity index (χ3n) is 10.4. The molecule has 0 rings (SSSR count). The second-order valence-electron chi connectivity index (χ2n) is 16.1. The molecule has 0 heterocycles. The van der Waals surface area contributed by atoms with Gasteiger partial charge in [0.2, 0.25) is 0 Å². The molecule has 57 heavy (non-hydrogen) atoms. The minimum atomic E-state index is -0.783. The number of carbonyl (C=O) groups is 3. The molecular formula is C51H90O6. The molecule has 0 radical (unpaired) electrons. The first kappa shape index (κ1) is 54.4. The molecule has 0 aromatic carbocycles. The lowest BCUT2D eigenvalue weighted by Crippen LogP contribution is -2.30. The van der Waals surface area contributed by atoms with Crippen LogP contribution in [0.1, 0.15) is 239 Å². The zero-order valence-corrected chi connectivity index (χ0v) is 37.6. The van der Waals surface area contributed by atoms with E-state index in [4.69, 9.17) is 14.2 Å². The molecule has 0 N–H and O–H groups in total. The topological polar surface area (TPSA) is 78.9 Å². The Hall–Kier alpha value is -2.63. The van der Waals surface area contributed by atoms with Gasteiger partial charge in [0.15, 0.2) is 6.10 Å². The molecule has 0 saturated heterocycles. The maximum atomic E-state index is 12.7. The fraction of sp³-hybridized carbons (Fsp3) is 0.784. The van der Waals surface area contributed by atoms with E-state index < -0.39 is 6.10 Å². The van der Waals surface area contributed by atoms with Gasteiger partial charge in [-0.25, -0.2) is 0 Å². The zero-order chi connectivity index (χ0) is 41.5. The molecular weight excluding hydrogens is 709 g/mol. The van der Waals surface area contributed by atoms with Crippen LogP contribution in [0.15, 0.2) is 48.6 Å². The minimum absolute atomic E-state index is 0.0824. The second-order valence-corrected chi connectivity index (χ2v) is 16.1. The Morgan fingerprint density at radius 1 is 0.368 bits per heavy atom. The highest BCUT2D eigenvalue weighted by Crippen LogP contribution is 2.15. The van der Waals surface area contributed by atoms with Gasteiger partial charge >= 0.3 is 17.9 Å². The van der Waals surface area contributed by atoms with E-state index in [1.165, 1.54) is 128 Å². The number of carbonyl (C=O) groups excluding carboxylic acids is 3. The lowest BCUT2D eigenvalue weighted by molar-refractivity contribution is -0.167. The van der Waals surface area contributed by atoms with Crippen LogP contribution < -0.4 is 0 Å². The first-order valence-corrected chi connectivity index (χ1v) is 24.2. The van der Waals surface area contributed by atoms with Gasteiger partial charge in [0.1, 0.15) is 13.2 Å². The third-order valence-corrected chi connectivity index (χ3v) is 10.4. The van der Waals surface area contributed by atoms with Crippen molar-refractivity contribution in [2.45, 2.75) is 245 Å². The van der Waals surface area contributed by atoms with E-state index in [1.54, 1.807) is 0 Å². The second kappa shape index (κ2) is 46.1. The maximum Gasteiger partial charge on any atom is 0.306 e. The molecule has 0 fully saturated rings. The predicted molar refractivity (Wildman–Crippen MR) is 242 cm³/mol. The van der Waals surface area contributed by atoms with E-state index in [1.807, 2.05) is 30.4 Å². The highest BCUT2D eigenvalue weighted by atomic mass is 16.6. The molecule has 0 aromatic heterocycles. The summed E-state index contributed by atoms with van der Waals surface area (Å²) in [7, 11) is 0. The van der Waals surface area contributed by atoms with Crippen LogP contribution in [0.4, 0.5) is 0 Å². The van der Waals surface area contributed by atoms with Crippen LogP contribution in [-0.4, -0.2) is 37.2 Å². The molecule has 1 atom stereocenters. The van der Waals surface area contributed by atoms with E-state index >= 15 is 0 Å². The van der Waals surface area contributed by atoms with Crippen molar-refractivity contribution in [2.75, 3.05) is 13.2 Å². The summed E-state index contributed by atoms with van der Waals surface area (Å²) in [5.74, 6) is -0.917. The van der Waals surface area contributed by atoms with Crippen molar-refractivity contribution in [3.8, 4) is 0 Å². The molecule has 0 aromatic rings. The largest absolute Gasteiger partial charge is 0.462 e. The molecule has 0 amide bonds. The van der Waals surface area contributed by atoms with Gasteiger partial charge in [-0.05, 0) is 38.5 Å². The van der Waals surface area contributed by atoms with Crippen LogP contribution in [0.25, 0.3) is 0 Å². The standard InChI is InChI=1S/C51H90O6/c1-4-7-10-13-16-19-22-25-28-31-34-37-40-43-49(52)55-46-48(57-51(54)45-42-39-36-33-30-27-24-21-18-15-12-9-6-3)47-56-50(53)44-41-38-35-32-29-26-23-20-17-14-11-8-5-2/h7,10,13,16,19,22,25,28,48H,4-6,8-9,11-12,14-15,17-18,20-21,23-24,26-27,29-47H2,1-3H3/b10-7-,16-13-,22-19-,28-25-. The average molecular weight is 799 g/mol.